The maximum atomic E-state index is 12.2. The van der Waals surface area contributed by atoms with Crippen LogP contribution in [0.2, 0.25) is 0 Å². The Morgan fingerprint density at radius 2 is 1.64 bits per heavy atom. The molecule has 3 aromatic rings. The van der Waals surface area contributed by atoms with Crippen molar-refractivity contribution in [2.24, 2.45) is 5.92 Å². The predicted molar refractivity (Wildman–Crippen MR) is 107 cm³/mol. The minimum absolute atomic E-state index is 0.0672. The summed E-state index contributed by atoms with van der Waals surface area (Å²) in [6.07, 6.45) is 4.31. The van der Waals surface area contributed by atoms with Gasteiger partial charge in [0.25, 0.3) is 0 Å². The predicted octanol–water partition coefficient (Wildman–Crippen LogP) is 4.26. The number of carbonyl (C=O) groups excluding carboxylic acids is 2. The molecule has 6 nitrogen and oxygen atoms in total. The summed E-state index contributed by atoms with van der Waals surface area (Å²) < 4.78 is 5.72. The number of hydrogen-bond acceptors (Lipinski definition) is 4. The molecule has 0 bridgehead atoms. The minimum atomic E-state index is -0.116. The van der Waals surface area contributed by atoms with Gasteiger partial charge >= 0.3 is 0 Å². The van der Waals surface area contributed by atoms with Crippen LogP contribution in [0.3, 0.4) is 0 Å². The van der Waals surface area contributed by atoms with Crippen molar-refractivity contribution in [1.29, 1.82) is 0 Å². The van der Waals surface area contributed by atoms with Crippen LogP contribution in [0.5, 0.6) is 0 Å². The van der Waals surface area contributed by atoms with E-state index < -0.39 is 0 Å². The van der Waals surface area contributed by atoms with E-state index in [-0.39, 0.29) is 24.2 Å². The van der Waals surface area contributed by atoms with E-state index in [0.717, 1.165) is 24.1 Å². The number of benzene rings is 2. The number of oxazole rings is 1. The standard InChI is InChI=1S/C22H21N3O3/c26-20(12-13-21-23-14-19(28-21)15-4-2-1-3-5-15)24-17-8-10-18(11-9-17)25-22(27)16-6-7-16/h1-5,8-11,14,16H,6-7,12-13H2,(H,24,26)(H,25,27). The summed E-state index contributed by atoms with van der Waals surface area (Å²) in [6, 6.07) is 16.9. The van der Waals surface area contributed by atoms with Crippen molar-refractivity contribution in [3.8, 4) is 11.3 Å². The number of rotatable bonds is 7. The van der Waals surface area contributed by atoms with Crippen molar-refractivity contribution in [1.82, 2.24) is 4.98 Å². The molecule has 2 N–H and O–H groups in total. The molecule has 1 saturated carbocycles. The highest BCUT2D eigenvalue weighted by molar-refractivity contribution is 5.95. The van der Waals surface area contributed by atoms with Gasteiger partial charge in [-0.1, -0.05) is 30.3 Å². The van der Waals surface area contributed by atoms with Crippen LogP contribution in [0.1, 0.15) is 25.2 Å². The second-order valence-electron chi connectivity index (χ2n) is 6.87. The zero-order valence-corrected chi connectivity index (χ0v) is 15.4. The lowest BCUT2D eigenvalue weighted by Gasteiger charge is -2.07. The second-order valence-corrected chi connectivity index (χ2v) is 6.87. The van der Waals surface area contributed by atoms with Crippen molar-refractivity contribution in [2.75, 3.05) is 10.6 Å². The molecule has 0 saturated heterocycles. The van der Waals surface area contributed by atoms with E-state index in [1.54, 1.807) is 30.5 Å². The highest BCUT2D eigenvalue weighted by atomic mass is 16.4. The number of aromatic nitrogens is 1. The number of hydrogen-bond donors (Lipinski definition) is 2. The first kappa shape index (κ1) is 18.0. The van der Waals surface area contributed by atoms with Crippen molar-refractivity contribution in [3.63, 3.8) is 0 Å². The van der Waals surface area contributed by atoms with Gasteiger partial charge in [-0.15, -0.1) is 0 Å². The smallest absolute Gasteiger partial charge is 0.227 e. The third-order valence-electron chi connectivity index (χ3n) is 4.56. The summed E-state index contributed by atoms with van der Waals surface area (Å²) in [5, 5.41) is 5.72. The number of aryl methyl sites for hydroxylation is 1. The number of amides is 2. The Morgan fingerprint density at radius 1 is 0.964 bits per heavy atom. The number of carbonyl (C=O) groups is 2. The summed E-state index contributed by atoms with van der Waals surface area (Å²) in [4.78, 5) is 28.2. The molecule has 1 heterocycles. The van der Waals surface area contributed by atoms with Crippen LogP contribution in [0.4, 0.5) is 11.4 Å². The molecule has 28 heavy (non-hydrogen) atoms. The van der Waals surface area contributed by atoms with Crippen LogP contribution in [-0.2, 0) is 16.0 Å². The van der Waals surface area contributed by atoms with E-state index in [4.69, 9.17) is 4.42 Å². The van der Waals surface area contributed by atoms with Crippen LogP contribution in [0, 0.1) is 5.92 Å². The van der Waals surface area contributed by atoms with Gasteiger partial charge in [-0.25, -0.2) is 4.98 Å². The lowest BCUT2D eigenvalue weighted by molar-refractivity contribution is -0.117. The monoisotopic (exact) mass is 375 g/mol. The SMILES string of the molecule is O=C(CCc1ncc(-c2ccccc2)o1)Nc1ccc(NC(=O)C2CC2)cc1. The normalized spacial score (nSPS) is 13.1. The lowest BCUT2D eigenvalue weighted by atomic mass is 10.2. The summed E-state index contributed by atoms with van der Waals surface area (Å²) >= 11 is 0. The first-order valence-electron chi connectivity index (χ1n) is 9.38. The fourth-order valence-electron chi connectivity index (χ4n) is 2.83. The maximum Gasteiger partial charge on any atom is 0.227 e. The van der Waals surface area contributed by atoms with E-state index in [1.165, 1.54) is 0 Å². The molecule has 6 heteroatoms. The average molecular weight is 375 g/mol. The van der Waals surface area contributed by atoms with E-state index in [0.29, 0.717) is 23.8 Å². The largest absolute Gasteiger partial charge is 0.441 e. The van der Waals surface area contributed by atoms with E-state index in [2.05, 4.69) is 15.6 Å². The second kappa shape index (κ2) is 8.08. The molecule has 1 aliphatic rings. The molecule has 1 aromatic heterocycles. The number of anilines is 2. The molecule has 4 rings (SSSR count). The molecule has 0 atom stereocenters. The third-order valence-corrected chi connectivity index (χ3v) is 4.56. The first-order valence-corrected chi connectivity index (χ1v) is 9.38. The van der Waals surface area contributed by atoms with E-state index in [9.17, 15) is 9.59 Å². The molecule has 2 amide bonds. The molecule has 0 radical (unpaired) electrons. The molecule has 1 fully saturated rings. The molecule has 142 valence electrons. The maximum absolute atomic E-state index is 12.2. The first-order chi connectivity index (χ1) is 13.7. The Balaban J connectivity index is 1.26. The quantitative estimate of drug-likeness (QED) is 0.646. The number of nitrogens with one attached hydrogen (secondary N) is 2. The molecule has 0 aliphatic heterocycles. The Bertz CT molecular complexity index is 960. The van der Waals surface area contributed by atoms with Gasteiger partial charge in [0.15, 0.2) is 11.7 Å². The Hall–Kier alpha value is -3.41. The fourth-order valence-corrected chi connectivity index (χ4v) is 2.83. The zero-order valence-electron chi connectivity index (χ0n) is 15.4. The van der Waals surface area contributed by atoms with Gasteiger partial charge in [-0.2, -0.15) is 0 Å². The van der Waals surface area contributed by atoms with Gasteiger partial charge in [0.2, 0.25) is 11.8 Å². The van der Waals surface area contributed by atoms with Gasteiger partial charge in [0.05, 0.1) is 6.20 Å². The topological polar surface area (TPSA) is 84.2 Å². The highest BCUT2D eigenvalue weighted by Crippen LogP contribution is 2.30. The summed E-state index contributed by atoms with van der Waals surface area (Å²) in [5.74, 6) is 1.34. The Morgan fingerprint density at radius 3 is 2.32 bits per heavy atom. The van der Waals surface area contributed by atoms with Gasteiger partial charge in [0.1, 0.15) is 0 Å². The van der Waals surface area contributed by atoms with E-state index >= 15 is 0 Å². The minimum Gasteiger partial charge on any atom is -0.441 e. The van der Waals surface area contributed by atoms with Gasteiger partial charge in [-0.3, -0.25) is 9.59 Å². The van der Waals surface area contributed by atoms with Crippen molar-refractivity contribution in [2.45, 2.75) is 25.7 Å². The van der Waals surface area contributed by atoms with Crippen LogP contribution in [0.15, 0.2) is 65.2 Å². The Labute approximate surface area is 163 Å². The molecular formula is C22H21N3O3. The van der Waals surface area contributed by atoms with Crippen molar-refractivity contribution in [3.05, 3.63) is 66.7 Å². The summed E-state index contributed by atoms with van der Waals surface area (Å²) in [6.45, 7) is 0. The molecule has 0 spiro atoms. The molecule has 0 unspecified atom stereocenters. The molecule has 1 aliphatic carbocycles. The fraction of sp³-hybridized carbons (Fsp3) is 0.227. The van der Waals surface area contributed by atoms with Gasteiger partial charge in [0, 0.05) is 35.7 Å². The summed E-state index contributed by atoms with van der Waals surface area (Å²) in [5.41, 5.74) is 2.38. The van der Waals surface area contributed by atoms with E-state index in [1.807, 2.05) is 30.3 Å². The molecular weight excluding hydrogens is 354 g/mol. The van der Waals surface area contributed by atoms with Crippen LogP contribution >= 0.6 is 0 Å². The van der Waals surface area contributed by atoms with Crippen LogP contribution in [0.25, 0.3) is 11.3 Å². The highest BCUT2D eigenvalue weighted by Gasteiger charge is 2.29. The molecule has 2 aromatic carbocycles. The van der Waals surface area contributed by atoms with Crippen LogP contribution < -0.4 is 10.6 Å². The zero-order chi connectivity index (χ0) is 19.3. The van der Waals surface area contributed by atoms with Crippen molar-refractivity contribution >= 4 is 23.2 Å². The third kappa shape index (κ3) is 4.65. The van der Waals surface area contributed by atoms with Crippen molar-refractivity contribution < 1.29 is 14.0 Å². The van der Waals surface area contributed by atoms with Crippen LogP contribution in [-0.4, -0.2) is 16.8 Å². The average Bonchev–Trinajstić information content (AvgIpc) is 3.47. The Kier molecular flexibility index (Phi) is 5.19. The lowest BCUT2D eigenvalue weighted by Crippen LogP contribution is -2.14. The number of nitrogens with zero attached hydrogens (tertiary/aromatic N) is 1. The van der Waals surface area contributed by atoms with Gasteiger partial charge in [-0.05, 0) is 37.1 Å². The van der Waals surface area contributed by atoms with Gasteiger partial charge < -0.3 is 15.1 Å². The summed E-state index contributed by atoms with van der Waals surface area (Å²) in [7, 11) is 0.